The highest BCUT2D eigenvalue weighted by Gasteiger charge is 2.11. The van der Waals surface area contributed by atoms with Crippen LogP contribution in [0, 0.1) is 0 Å². The first-order chi connectivity index (χ1) is 9.31. The molecule has 19 heavy (non-hydrogen) atoms. The maximum atomic E-state index is 10.9. The van der Waals surface area contributed by atoms with Gasteiger partial charge in [0.1, 0.15) is 22.6 Å². The Balaban J connectivity index is 2.23. The fourth-order valence-electron chi connectivity index (χ4n) is 1.95. The Kier molecular flexibility index (Phi) is 3.01. The highest BCUT2D eigenvalue weighted by Crippen LogP contribution is 2.35. The molecular weight excluding hydrogens is 258 g/mol. The highest BCUT2D eigenvalue weighted by molar-refractivity contribution is 7.21. The van der Waals surface area contributed by atoms with Crippen LogP contribution in [-0.2, 0) is 0 Å². The molecule has 4 heteroatoms. The molecule has 0 radical (unpaired) electrons. The van der Waals surface area contributed by atoms with Gasteiger partial charge in [-0.1, -0.05) is 30.3 Å². The van der Waals surface area contributed by atoms with Crippen molar-refractivity contribution in [1.82, 2.24) is 4.98 Å². The molecule has 3 nitrogen and oxygen atoms in total. The maximum Gasteiger partial charge on any atom is 0.150 e. The van der Waals surface area contributed by atoms with Gasteiger partial charge in [0.05, 0.1) is 11.8 Å². The molecule has 0 aliphatic carbocycles. The summed E-state index contributed by atoms with van der Waals surface area (Å²) in [7, 11) is 1.59. The van der Waals surface area contributed by atoms with E-state index in [0.717, 1.165) is 27.1 Å². The van der Waals surface area contributed by atoms with Gasteiger partial charge in [-0.3, -0.25) is 4.79 Å². The third-order valence-corrected chi connectivity index (χ3v) is 3.91. The van der Waals surface area contributed by atoms with Gasteiger partial charge in [-0.25, -0.2) is 4.98 Å². The zero-order valence-electron chi connectivity index (χ0n) is 10.3. The monoisotopic (exact) mass is 269 g/mol. The van der Waals surface area contributed by atoms with E-state index in [1.54, 1.807) is 24.5 Å². The van der Waals surface area contributed by atoms with Crippen LogP contribution in [-0.4, -0.2) is 18.4 Å². The van der Waals surface area contributed by atoms with Crippen LogP contribution in [0.15, 0.2) is 42.5 Å². The lowest BCUT2D eigenvalue weighted by atomic mass is 10.2. The van der Waals surface area contributed by atoms with Gasteiger partial charge in [-0.05, 0) is 12.1 Å². The summed E-state index contributed by atoms with van der Waals surface area (Å²) in [4.78, 5) is 15.5. The molecule has 0 spiro atoms. The molecule has 2 aromatic carbocycles. The van der Waals surface area contributed by atoms with Crippen molar-refractivity contribution in [3.8, 4) is 16.3 Å². The first-order valence-electron chi connectivity index (χ1n) is 5.81. The molecule has 1 heterocycles. The predicted octanol–water partition coefficient (Wildman–Crippen LogP) is 3.78. The summed E-state index contributed by atoms with van der Waals surface area (Å²) in [6.45, 7) is 0. The quantitative estimate of drug-likeness (QED) is 0.679. The molecule has 0 amide bonds. The molecule has 0 aliphatic heterocycles. The van der Waals surface area contributed by atoms with Crippen molar-refractivity contribution < 1.29 is 9.53 Å². The van der Waals surface area contributed by atoms with Crippen molar-refractivity contribution in [3.05, 3.63) is 48.0 Å². The minimum absolute atomic E-state index is 0.604. The van der Waals surface area contributed by atoms with Gasteiger partial charge in [0.15, 0.2) is 0 Å². The van der Waals surface area contributed by atoms with Crippen LogP contribution in [0.2, 0.25) is 0 Å². The van der Waals surface area contributed by atoms with Crippen LogP contribution < -0.4 is 4.74 Å². The average molecular weight is 269 g/mol. The minimum Gasteiger partial charge on any atom is -0.494 e. The van der Waals surface area contributed by atoms with Crippen molar-refractivity contribution in [3.63, 3.8) is 0 Å². The molecule has 94 valence electrons. The number of hydrogen-bond acceptors (Lipinski definition) is 4. The van der Waals surface area contributed by atoms with Crippen molar-refractivity contribution in [2.75, 3.05) is 7.11 Å². The summed E-state index contributed by atoms with van der Waals surface area (Å²) < 4.78 is 6.26. The van der Waals surface area contributed by atoms with Crippen molar-refractivity contribution in [2.24, 2.45) is 0 Å². The number of ether oxygens (including phenoxy) is 1. The van der Waals surface area contributed by atoms with Crippen molar-refractivity contribution in [2.45, 2.75) is 0 Å². The normalized spacial score (nSPS) is 10.6. The Morgan fingerprint density at radius 1 is 1.21 bits per heavy atom. The van der Waals surface area contributed by atoms with Crippen LogP contribution in [0.1, 0.15) is 10.4 Å². The molecule has 0 unspecified atom stereocenters. The van der Waals surface area contributed by atoms with Crippen LogP contribution in [0.4, 0.5) is 0 Å². The van der Waals surface area contributed by atoms with E-state index in [1.807, 2.05) is 36.4 Å². The van der Waals surface area contributed by atoms with Gasteiger partial charge in [0, 0.05) is 11.1 Å². The molecule has 0 bridgehead atoms. The number of benzene rings is 2. The lowest BCUT2D eigenvalue weighted by molar-refractivity contribution is 0.112. The minimum atomic E-state index is 0.604. The highest BCUT2D eigenvalue weighted by atomic mass is 32.1. The Hall–Kier alpha value is -2.20. The van der Waals surface area contributed by atoms with E-state index < -0.39 is 0 Å². The first kappa shape index (κ1) is 11.9. The fraction of sp³-hybridized carbons (Fsp3) is 0.0667. The van der Waals surface area contributed by atoms with Crippen molar-refractivity contribution in [1.29, 1.82) is 0 Å². The van der Waals surface area contributed by atoms with E-state index in [1.165, 1.54) is 0 Å². The van der Waals surface area contributed by atoms with Crippen LogP contribution in [0.25, 0.3) is 20.8 Å². The Bertz CT molecular complexity index is 734. The molecular formula is C15H11NO2S. The number of rotatable bonds is 3. The van der Waals surface area contributed by atoms with E-state index in [2.05, 4.69) is 4.98 Å². The van der Waals surface area contributed by atoms with E-state index in [-0.39, 0.29) is 0 Å². The number of aromatic nitrogens is 1. The number of thiazole rings is 1. The fourth-order valence-corrected chi connectivity index (χ4v) is 2.98. The Morgan fingerprint density at radius 3 is 2.68 bits per heavy atom. The summed E-state index contributed by atoms with van der Waals surface area (Å²) in [5.41, 5.74) is 2.47. The number of aldehydes is 1. The number of hydrogen-bond donors (Lipinski definition) is 0. The van der Waals surface area contributed by atoms with Crippen LogP contribution in [0.3, 0.4) is 0 Å². The van der Waals surface area contributed by atoms with Gasteiger partial charge < -0.3 is 4.74 Å². The number of nitrogens with zero attached hydrogens (tertiary/aromatic N) is 1. The van der Waals surface area contributed by atoms with E-state index in [0.29, 0.717) is 11.3 Å². The molecule has 0 atom stereocenters. The molecule has 3 rings (SSSR count). The van der Waals surface area contributed by atoms with Gasteiger partial charge in [0.25, 0.3) is 0 Å². The summed E-state index contributed by atoms with van der Waals surface area (Å²) in [6, 6.07) is 13.5. The van der Waals surface area contributed by atoms with Crippen molar-refractivity contribution >= 4 is 27.8 Å². The first-order valence-corrected chi connectivity index (χ1v) is 6.62. The van der Waals surface area contributed by atoms with E-state index >= 15 is 0 Å². The van der Waals surface area contributed by atoms with Crippen LogP contribution in [0.5, 0.6) is 5.75 Å². The number of methoxy groups -OCH3 is 1. The second kappa shape index (κ2) is 4.82. The second-order valence-corrected chi connectivity index (χ2v) is 5.10. The lowest BCUT2D eigenvalue weighted by Crippen LogP contribution is -1.87. The number of carbonyl (C=O) groups is 1. The topological polar surface area (TPSA) is 39.2 Å². The molecule has 0 N–H and O–H groups in total. The maximum absolute atomic E-state index is 10.9. The third-order valence-electron chi connectivity index (χ3n) is 2.86. The van der Waals surface area contributed by atoms with Gasteiger partial charge in [0.2, 0.25) is 0 Å². The summed E-state index contributed by atoms with van der Waals surface area (Å²) in [5, 5.41) is 0.928. The van der Waals surface area contributed by atoms with Crippen LogP contribution >= 0.6 is 11.3 Å². The number of carbonyl (C=O) groups excluding carboxylic acids is 1. The predicted molar refractivity (Wildman–Crippen MR) is 77.0 cm³/mol. The Labute approximate surface area is 114 Å². The molecule has 0 saturated carbocycles. The molecule has 3 aromatic rings. The average Bonchev–Trinajstić information content (AvgIpc) is 2.91. The van der Waals surface area contributed by atoms with E-state index in [9.17, 15) is 4.79 Å². The zero-order valence-corrected chi connectivity index (χ0v) is 11.1. The smallest absolute Gasteiger partial charge is 0.150 e. The number of fused-ring (bicyclic) bond motifs is 1. The van der Waals surface area contributed by atoms with Gasteiger partial charge >= 0.3 is 0 Å². The molecule has 0 aliphatic rings. The second-order valence-electron chi connectivity index (χ2n) is 4.07. The largest absolute Gasteiger partial charge is 0.494 e. The van der Waals surface area contributed by atoms with Gasteiger partial charge in [-0.2, -0.15) is 0 Å². The summed E-state index contributed by atoms with van der Waals surface area (Å²) in [5.74, 6) is 0.637. The molecule has 1 aromatic heterocycles. The third kappa shape index (κ3) is 2.11. The lowest BCUT2D eigenvalue weighted by Gasteiger charge is -2.00. The summed E-state index contributed by atoms with van der Waals surface area (Å²) in [6.07, 6.45) is 0.823. The Morgan fingerprint density at radius 2 is 2.00 bits per heavy atom. The zero-order chi connectivity index (χ0) is 13.2. The summed E-state index contributed by atoms with van der Waals surface area (Å²) >= 11 is 1.56. The standard InChI is InChI=1S/C15H11NO2S/c1-18-12-7-10(9-17)8-13-14(12)16-15(19-13)11-5-3-2-4-6-11/h2-9H,1H3. The van der Waals surface area contributed by atoms with Gasteiger partial charge in [-0.15, -0.1) is 11.3 Å². The van der Waals surface area contributed by atoms with E-state index in [4.69, 9.17) is 4.74 Å². The molecule has 0 fully saturated rings. The SMILES string of the molecule is COc1cc(C=O)cc2sc(-c3ccccc3)nc12. The molecule has 0 saturated heterocycles.